The minimum atomic E-state index is -4.72. The van der Waals surface area contributed by atoms with E-state index in [9.17, 15) is 38.1 Å². The van der Waals surface area contributed by atoms with Gasteiger partial charge in [-0.3, -0.25) is 42.1 Å². The van der Waals surface area contributed by atoms with Gasteiger partial charge in [0, 0.05) is 39.5 Å². The van der Waals surface area contributed by atoms with Crippen molar-refractivity contribution in [3.63, 3.8) is 0 Å². The maximum Gasteiger partial charge on any atom is 0.474 e. The Morgan fingerprint density at radius 2 is 1.39 bits per heavy atom. The Kier molecular flexibility index (Phi) is 19.1. The number of amides is 1. The fourth-order valence-electron chi connectivity index (χ4n) is 6.53. The van der Waals surface area contributed by atoms with E-state index in [-0.39, 0.29) is 17.8 Å². The number of thioether (sulfide) groups is 1. The minimum absolute atomic E-state index is 0.0747. The van der Waals surface area contributed by atoms with Gasteiger partial charge in [-0.2, -0.15) is 10.2 Å². The molecule has 2 saturated heterocycles. The first-order valence-corrected chi connectivity index (χ1v) is 22.7. The molecule has 2 aromatic carbocycles. The van der Waals surface area contributed by atoms with Gasteiger partial charge < -0.3 is 38.5 Å². The van der Waals surface area contributed by atoms with Crippen LogP contribution in [-0.2, 0) is 70.5 Å². The molecule has 1 aromatic heterocycles. The topological polar surface area (TPSA) is 282 Å². The molecule has 22 nitrogen and oxygen atoms in total. The number of anilines is 1. The van der Waals surface area contributed by atoms with Crippen molar-refractivity contribution in [3.8, 4) is 6.07 Å². The van der Waals surface area contributed by atoms with Crippen LogP contribution < -0.4 is 11.0 Å². The number of rotatable bonds is 21. The highest BCUT2D eigenvalue weighted by atomic mass is 32.2. The van der Waals surface area contributed by atoms with Crippen molar-refractivity contribution in [2.75, 3.05) is 38.4 Å². The number of nitrogens with zero attached hydrogens (tertiary/aromatic N) is 3. The number of esters is 5. The second kappa shape index (κ2) is 24.6. The zero-order chi connectivity index (χ0) is 48.7. The predicted molar refractivity (Wildman–Crippen MR) is 227 cm³/mol. The monoisotopic (exact) mass is 976 g/mol. The molecule has 0 aliphatic carbocycles. The molecule has 5 rings (SSSR count). The number of benzene rings is 2. The number of phosphoric ester groups is 1. The van der Waals surface area contributed by atoms with Gasteiger partial charge in [-0.15, -0.1) is 11.8 Å². The molecule has 3 unspecified atom stereocenters. The van der Waals surface area contributed by atoms with E-state index in [1.165, 1.54) is 24.4 Å². The van der Waals surface area contributed by atoms with Crippen LogP contribution in [0.5, 0.6) is 0 Å². The first-order valence-electron chi connectivity index (χ1n) is 20.3. The van der Waals surface area contributed by atoms with Gasteiger partial charge in [0.1, 0.15) is 23.9 Å². The van der Waals surface area contributed by atoms with Crippen molar-refractivity contribution in [3.05, 3.63) is 94.5 Å². The number of aromatic nitrogens is 2. The lowest BCUT2D eigenvalue weighted by molar-refractivity contribution is -0.308. The van der Waals surface area contributed by atoms with Crippen LogP contribution >= 0.6 is 19.6 Å². The van der Waals surface area contributed by atoms with Gasteiger partial charge >= 0.3 is 43.4 Å². The molecule has 2 aliphatic rings. The summed E-state index contributed by atoms with van der Waals surface area (Å²) in [6.07, 6.45) is -10.4. The lowest BCUT2D eigenvalue weighted by Crippen LogP contribution is -2.63. The number of carbonyl (C=O) groups excluding carboxylic acids is 6. The van der Waals surface area contributed by atoms with Crippen LogP contribution in [0.3, 0.4) is 0 Å². The fourth-order valence-corrected chi connectivity index (χ4v) is 9.27. The molecule has 360 valence electrons. The number of hydrogen-bond acceptors (Lipinski definition) is 21. The van der Waals surface area contributed by atoms with Gasteiger partial charge in [-0.1, -0.05) is 36.4 Å². The third kappa shape index (κ3) is 15.0. The van der Waals surface area contributed by atoms with Gasteiger partial charge in [0.15, 0.2) is 36.9 Å². The van der Waals surface area contributed by atoms with Crippen molar-refractivity contribution in [1.29, 1.82) is 5.26 Å². The van der Waals surface area contributed by atoms with Crippen LogP contribution in [0.25, 0.3) is 0 Å². The molecule has 1 N–H and O–H groups in total. The molecular formula is C42H46FN4O18PS. The molecule has 25 heteroatoms. The number of hydrogen-bond donors (Lipinski definition) is 1. The Morgan fingerprint density at radius 1 is 0.776 bits per heavy atom. The lowest BCUT2D eigenvalue weighted by Gasteiger charge is -2.44. The maximum absolute atomic E-state index is 16.6. The molecule has 0 bridgehead atoms. The minimum Gasteiger partial charge on any atom is -0.463 e. The summed E-state index contributed by atoms with van der Waals surface area (Å²) in [5.41, 5.74) is -0.598. The molecule has 0 saturated carbocycles. The zero-order valence-corrected chi connectivity index (χ0v) is 38.0. The second-order valence-electron chi connectivity index (χ2n) is 14.3. The molecule has 67 heavy (non-hydrogen) atoms. The SMILES string of the molecule is CC(=O)OCC1O[C@@H](OCCOP(=O)(OCCC#N)OC[C@H]2S[C@@H](n3ccc(NC(=O)c4ccccc4)nc3=O)[C@@H](F)[C@@H]2OC(=O)c2ccccc2)[C@@H](OC(C)=O)C(OC(C)=O)[C@@H]1OC(C)=O. The molecule has 3 aromatic rings. The van der Waals surface area contributed by atoms with Crippen molar-refractivity contribution in [1.82, 2.24) is 9.55 Å². The summed E-state index contributed by atoms with van der Waals surface area (Å²) in [5.74, 6) is -4.95. The first kappa shape index (κ1) is 51.9. The number of carbonyl (C=O) groups is 6. The Balaban J connectivity index is 1.33. The summed E-state index contributed by atoms with van der Waals surface area (Å²) in [7, 11) is -4.72. The summed E-state index contributed by atoms with van der Waals surface area (Å²) >= 11 is 0.776. The van der Waals surface area contributed by atoms with E-state index >= 15 is 4.39 Å². The average Bonchev–Trinajstić information content (AvgIpc) is 3.59. The van der Waals surface area contributed by atoms with Crippen LogP contribution in [0.4, 0.5) is 10.2 Å². The quantitative estimate of drug-likeness (QED) is 0.0686. The fraction of sp³-hybridized carbons (Fsp3) is 0.452. The average molecular weight is 977 g/mol. The Labute approximate surface area is 386 Å². The summed E-state index contributed by atoms with van der Waals surface area (Å²) in [4.78, 5) is 91.3. The molecule has 10 atom stereocenters. The third-order valence-electron chi connectivity index (χ3n) is 9.32. The van der Waals surface area contributed by atoms with Crippen LogP contribution in [-0.4, -0.2) is 127 Å². The van der Waals surface area contributed by atoms with E-state index in [2.05, 4.69) is 10.3 Å². The van der Waals surface area contributed by atoms with Crippen molar-refractivity contribution >= 4 is 61.2 Å². The van der Waals surface area contributed by atoms with Gasteiger partial charge in [-0.25, -0.2) is 18.5 Å². The zero-order valence-electron chi connectivity index (χ0n) is 36.3. The molecular weight excluding hydrogens is 931 g/mol. The smallest absolute Gasteiger partial charge is 0.463 e. The van der Waals surface area contributed by atoms with Crippen LogP contribution in [0.15, 0.2) is 77.7 Å². The molecule has 0 spiro atoms. The Bertz CT molecular complexity index is 2370. The van der Waals surface area contributed by atoms with Crippen molar-refractivity contribution in [2.45, 2.75) is 87.7 Å². The highest BCUT2D eigenvalue weighted by Gasteiger charge is 2.53. The van der Waals surface area contributed by atoms with E-state index in [0.717, 1.165) is 44.0 Å². The summed E-state index contributed by atoms with van der Waals surface area (Å²) in [6.45, 7) is 1.35. The highest BCUT2D eigenvalue weighted by Crippen LogP contribution is 2.52. The van der Waals surface area contributed by atoms with E-state index < -0.39 is 136 Å². The lowest BCUT2D eigenvalue weighted by atomic mass is 9.98. The van der Waals surface area contributed by atoms with E-state index in [1.807, 2.05) is 6.07 Å². The van der Waals surface area contributed by atoms with Gasteiger partial charge in [0.2, 0.25) is 0 Å². The number of ether oxygens (including phenoxy) is 7. The molecule has 2 aliphatic heterocycles. The predicted octanol–water partition coefficient (Wildman–Crippen LogP) is 3.84. The molecule has 1 amide bonds. The number of nitrogens with one attached hydrogen (secondary N) is 1. The second-order valence-corrected chi connectivity index (χ2v) is 17.4. The van der Waals surface area contributed by atoms with Crippen molar-refractivity contribution < 1.29 is 84.5 Å². The Morgan fingerprint density at radius 3 is 2.00 bits per heavy atom. The largest absolute Gasteiger partial charge is 0.474 e. The number of nitriles is 1. The summed E-state index contributed by atoms with van der Waals surface area (Å²) in [5, 5.41) is 9.07. The van der Waals surface area contributed by atoms with E-state index in [1.54, 1.807) is 48.5 Å². The van der Waals surface area contributed by atoms with Gasteiger partial charge in [0.05, 0.1) is 49.7 Å². The molecule has 2 fully saturated rings. The van der Waals surface area contributed by atoms with Crippen molar-refractivity contribution in [2.24, 2.45) is 0 Å². The standard InChI is InChI=1S/C42H46FN4O18PS/c1-24(48)57-22-30-34(61-25(2)49)36(62-26(3)50)37(63-27(4)51)41(64-30)56-20-21-59-66(55,58-19-11-17-44)60-23-31-35(65-40(53)29-14-9-6-10-15-29)33(43)39(67-31)47-18-16-32(46-42(47)54)45-38(52)28-12-7-5-8-13-28/h5-10,12-16,18,30-31,33-37,39,41H,11,19-23H2,1-4H3,(H,45,46,52,54)/t30?,31-,33+,34-,35-,36?,37+,39-,41-,66?/m1/s1. The number of halogens is 1. The molecule has 0 radical (unpaired) electrons. The maximum atomic E-state index is 16.6. The molecule has 3 heterocycles. The van der Waals surface area contributed by atoms with Crippen LogP contribution in [0, 0.1) is 11.3 Å². The van der Waals surface area contributed by atoms with Crippen LogP contribution in [0.1, 0.15) is 60.2 Å². The normalized spacial score (nSPS) is 24.2. The number of phosphoric acid groups is 1. The highest BCUT2D eigenvalue weighted by molar-refractivity contribution is 8.00. The van der Waals surface area contributed by atoms with Gasteiger partial charge in [-0.05, 0) is 30.3 Å². The van der Waals surface area contributed by atoms with Gasteiger partial charge in [0.25, 0.3) is 5.91 Å². The summed E-state index contributed by atoms with van der Waals surface area (Å²) < 4.78 is 86.6. The third-order valence-corrected chi connectivity index (χ3v) is 12.3. The Hall–Kier alpha value is -6.06. The van der Waals surface area contributed by atoms with E-state index in [4.69, 9.17) is 52.0 Å². The first-order chi connectivity index (χ1) is 32.0. The van der Waals surface area contributed by atoms with E-state index in [0.29, 0.717) is 5.56 Å². The van der Waals surface area contributed by atoms with Crippen LogP contribution in [0.2, 0.25) is 0 Å². The summed E-state index contributed by atoms with van der Waals surface area (Å²) in [6, 6.07) is 18.9. The number of alkyl halides is 1.